The van der Waals surface area contributed by atoms with Gasteiger partial charge in [-0.2, -0.15) is 26.6 Å². The van der Waals surface area contributed by atoms with Gasteiger partial charge in [-0.3, -0.25) is 0 Å². The Morgan fingerprint density at radius 3 is 2.39 bits per heavy atom. The first-order valence-electron chi connectivity index (χ1n) is 8.62. The van der Waals surface area contributed by atoms with E-state index in [1.54, 1.807) is 19.9 Å². The van der Waals surface area contributed by atoms with Crippen LogP contribution in [0.4, 0.5) is 13.2 Å². The van der Waals surface area contributed by atoms with E-state index in [0.717, 1.165) is 0 Å². The monoisotopic (exact) mass is 457 g/mol. The van der Waals surface area contributed by atoms with Crippen LogP contribution in [-0.4, -0.2) is 46.1 Å². The second-order valence-corrected chi connectivity index (χ2v) is 8.09. The summed E-state index contributed by atoms with van der Waals surface area (Å²) in [6, 6.07) is 1.62. The lowest BCUT2D eigenvalue weighted by molar-refractivity contribution is -0.0500. The van der Waals surface area contributed by atoms with E-state index >= 15 is 0 Å². The molecule has 31 heavy (non-hydrogen) atoms. The van der Waals surface area contributed by atoms with E-state index in [-0.39, 0.29) is 28.3 Å². The van der Waals surface area contributed by atoms with Gasteiger partial charge in [0, 0.05) is 0 Å². The third-order valence-electron chi connectivity index (χ3n) is 4.43. The molecule has 14 heteroatoms. The van der Waals surface area contributed by atoms with Crippen molar-refractivity contribution in [3.63, 3.8) is 0 Å². The van der Waals surface area contributed by atoms with Gasteiger partial charge in [-0.05, 0) is 26.8 Å². The molecule has 4 aromatic rings. The fourth-order valence-electron chi connectivity index (χ4n) is 3.17. The van der Waals surface area contributed by atoms with E-state index in [1.807, 2.05) is 0 Å². The van der Waals surface area contributed by atoms with Gasteiger partial charge in [-0.15, -0.1) is 0 Å². The van der Waals surface area contributed by atoms with Crippen molar-refractivity contribution in [1.82, 2.24) is 25.1 Å². The number of nitrogens with one attached hydrogen (secondary N) is 1. The molecule has 164 valence electrons. The van der Waals surface area contributed by atoms with Crippen molar-refractivity contribution in [2.45, 2.75) is 26.3 Å². The fourth-order valence-corrected chi connectivity index (χ4v) is 3.60. The molecular weight excluding hydrogens is 443 g/mol. The molecule has 0 amide bonds. The van der Waals surface area contributed by atoms with E-state index in [1.165, 1.54) is 14.0 Å². The molecule has 1 N–H and O–H groups in total. The van der Waals surface area contributed by atoms with Gasteiger partial charge in [0.25, 0.3) is 0 Å². The van der Waals surface area contributed by atoms with Gasteiger partial charge >= 0.3 is 15.6 Å². The normalized spacial score (nSPS) is 12.6. The van der Waals surface area contributed by atoms with Crippen LogP contribution in [0.15, 0.2) is 10.6 Å². The van der Waals surface area contributed by atoms with Crippen LogP contribution in [0.1, 0.15) is 17.3 Å². The summed E-state index contributed by atoms with van der Waals surface area (Å²) in [6.45, 7) is 4.80. The molecule has 4 rings (SSSR count). The average molecular weight is 457 g/mol. The number of alkyl halides is 3. The van der Waals surface area contributed by atoms with Crippen molar-refractivity contribution in [1.29, 1.82) is 0 Å². The first kappa shape index (κ1) is 20.8. The van der Waals surface area contributed by atoms with Crippen molar-refractivity contribution in [2.24, 2.45) is 0 Å². The van der Waals surface area contributed by atoms with Crippen LogP contribution in [0.5, 0.6) is 11.8 Å². The topological polar surface area (TPSA) is 133 Å². The quantitative estimate of drug-likeness (QED) is 0.362. The average Bonchev–Trinajstić information content (AvgIpc) is 3.17. The molecule has 4 heterocycles. The lowest BCUT2D eigenvalue weighted by Crippen LogP contribution is -2.28. The van der Waals surface area contributed by atoms with Crippen molar-refractivity contribution in [3.05, 3.63) is 23.3 Å². The summed E-state index contributed by atoms with van der Waals surface area (Å²) < 4.78 is 76.5. The maximum Gasteiger partial charge on any atom is 0.534 e. The number of halogens is 3. The van der Waals surface area contributed by atoms with Gasteiger partial charge in [0.1, 0.15) is 28.1 Å². The van der Waals surface area contributed by atoms with Gasteiger partial charge in [0.2, 0.25) is 11.8 Å². The molecule has 0 radical (unpaired) electrons. The molecule has 0 spiro atoms. The Balaban J connectivity index is 2.02. The van der Waals surface area contributed by atoms with Gasteiger partial charge in [-0.25, -0.2) is 9.97 Å². The predicted molar refractivity (Wildman–Crippen MR) is 101 cm³/mol. The number of aromatic nitrogens is 5. The lowest BCUT2D eigenvalue weighted by atomic mass is 10.0. The lowest BCUT2D eigenvalue weighted by Gasteiger charge is -2.10. The Morgan fingerprint density at radius 2 is 1.81 bits per heavy atom. The molecule has 0 aliphatic rings. The summed E-state index contributed by atoms with van der Waals surface area (Å²) in [6.07, 6.45) is 0. The second-order valence-electron chi connectivity index (χ2n) is 6.55. The largest absolute Gasteiger partial charge is 0.534 e. The van der Waals surface area contributed by atoms with Crippen molar-refractivity contribution >= 4 is 32.2 Å². The molecule has 0 atom stereocenters. The van der Waals surface area contributed by atoms with Crippen LogP contribution >= 0.6 is 0 Å². The number of rotatable bonds is 4. The molecular formula is C17H14F3N5O5S. The smallest absolute Gasteiger partial charge is 0.481 e. The van der Waals surface area contributed by atoms with E-state index < -0.39 is 21.5 Å². The minimum Gasteiger partial charge on any atom is -0.481 e. The van der Waals surface area contributed by atoms with Gasteiger partial charge < -0.3 is 18.4 Å². The first-order chi connectivity index (χ1) is 14.4. The molecule has 0 saturated carbocycles. The van der Waals surface area contributed by atoms with E-state index in [0.29, 0.717) is 28.1 Å². The fraction of sp³-hybridized carbons (Fsp3) is 0.294. The maximum atomic E-state index is 12.8. The first-order valence-corrected chi connectivity index (χ1v) is 10.0. The number of aryl methyl sites for hydroxylation is 3. The van der Waals surface area contributed by atoms with E-state index in [9.17, 15) is 21.6 Å². The maximum absolute atomic E-state index is 12.8. The summed E-state index contributed by atoms with van der Waals surface area (Å²) in [4.78, 5) is 15.1. The predicted octanol–water partition coefficient (Wildman–Crippen LogP) is 3.32. The molecule has 0 bridgehead atoms. The Labute approximate surface area is 172 Å². The molecule has 0 aliphatic carbocycles. The molecule has 4 aromatic heterocycles. The number of nitrogens with zero attached hydrogens (tertiary/aromatic N) is 4. The third-order valence-corrected chi connectivity index (χ3v) is 5.38. The summed E-state index contributed by atoms with van der Waals surface area (Å²) in [7, 11) is -4.60. The molecule has 0 aliphatic heterocycles. The van der Waals surface area contributed by atoms with Crippen LogP contribution in [0.25, 0.3) is 33.2 Å². The molecule has 0 saturated heterocycles. The van der Waals surface area contributed by atoms with Crippen LogP contribution < -0.4 is 8.92 Å². The zero-order valence-electron chi connectivity index (χ0n) is 16.4. The van der Waals surface area contributed by atoms with Crippen molar-refractivity contribution < 1.29 is 35.0 Å². The summed E-state index contributed by atoms with van der Waals surface area (Å²) in [5.74, 6) is -0.202. The highest BCUT2D eigenvalue weighted by atomic mass is 32.2. The third kappa shape index (κ3) is 3.32. The SMILES string of the molecule is COc1nc2c(cc1-c1c(C)noc1C)[nH]c1nc(C)nc(OS(=O)(=O)C(F)(F)F)c12. The Bertz CT molecular complexity index is 1420. The van der Waals surface area contributed by atoms with Crippen LogP contribution in [0.2, 0.25) is 0 Å². The standard InChI is InChI=1S/C17H14F3N5O5S/c1-6-11(7(2)29-25-6)9-5-10-13(24-15(9)28-4)12-14(23-10)21-8(3)22-16(12)30-31(26,27)17(18,19)20/h5H,1-4H3,(H,21,22,23). The second kappa shape index (κ2) is 6.80. The highest BCUT2D eigenvalue weighted by molar-refractivity contribution is 7.88. The number of H-pyrrole nitrogens is 1. The number of pyridine rings is 1. The number of hydrogen-bond donors (Lipinski definition) is 1. The molecule has 0 unspecified atom stereocenters. The van der Waals surface area contributed by atoms with E-state index in [4.69, 9.17) is 9.26 Å². The van der Waals surface area contributed by atoms with Gasteiger partial charge in [-0.1, -0.05) is 5.16 Å². The Kier molecular flexibility index (Phi) is 4.57. The van der Waals surface area contributed by atoms with Crippen LogP contribution in [0.3, 0.4) is 0 Å². The number of ether oxygens (including phenoxy) is 1. The number of hydrogen-bond acceptors (Lipinski definition) is 9. The highest BCUT2D eigenvalue weighted by Crippen LogP contribution is 2.39. The summed E-state index contributed by atoms with van der Waals surface area (Å²) in [5.41, 5.74) is -3.48. The van der Waals surface area contributed by atoms with Crippen molar-refractivity contribution in [2.75, 3.05) is 7.11 Å². The number of aromatic amines is 1. The van der Waals surface area contributed by atoms with Gasteiger partial charge in [0.15, 0.2) is 0 Å². The van der Waals surface area contributed by atoms with Crippen LogP contribution in [0, 0.1) is 20.8 Å². The van der Waals surface area contributed by atoms with Gasteiger partial charge in [0.05, 0.1) is 29.4 Å². The zero-order valence-corrected chi connectivity index (χ0v) is 17.3. The highest BCUT2D eigenvalue weighted by Gasteiger charge is 2.49. The Hall–Kier alpha value is -3.42. The number of methoxy groups -OCH3 is 1. The Morgan fingerprint density at radius 1 is 1.10 bits per heavy atom. The van der Waals surface area contributed by atoms with Crippen LogP contribution in [-0.2, 0) is 10.1 Å². The van der Waals surface area contributed by atoms with E-state index in [2.05, 4.69) is 29.3 Å². The summed E-state index contributed by atoms with van der Waals surface area (Å²) in [5, 5.41) is 3.75. The molecule has 0 aromatic carbocycles. The summed E-state index contributed by atoms with van der Waals surface area (Å²) >= 11 is 0. The minimum atomic E-state index is -5.96. The van der Waals surface area contributed by atoms with Crippen molar-refractivity contribution in [3.8, 4) is 22.9 Å². The minimum absolute atomic E-state index is 0.00987. The number of fused-ring (bicyclic) bond motifs is 3. The molecule has 10 nitrogen and oxygen atoms in total. The zero-order chi connectivity index (χ0) is 22.7. The molecule has 0 fully saturated rings.